The minimum absolute atomic E-state index is 0.0154. The summed E-state index contributed by atoms with van der Waals surface area (Å²) in [6.45, 7) is 6.74. The Morgan fingerprint density at radius 2 is 2.00 bits per heavy atom. The molecule has 4 nitrogen and oxygen atoms in total. The topological polar surface area (TPSA) is 38.8 Å². The van der Waals surface area contributed by atoms with Crippen LogP contribution in [0.2, 0.25) is 0 Å². The van der Waals surface area contributed by atoms with Crippen molar-refractivity contribution in [2.24, 2.45) is 0 Å². The predicted octanol–water partition coefficient (Wildman–Crippen LogP) is 3.35. The van der Waals surface area contributed by atoms with Crippen molar-refractivity contribution in [3.63, 3.8) is 0 Å². The lowest BCUT2D eigenvalue weighted by Crippen LogP contribution is -2.32. The Labute approximate surface area is 121 Å². The number of carbonyl (C=O) groups is 1. The van der Waals surface area contributed by atoms with Gasteiger partial charge in [-0.3, -0.25) is 4.79 Å². The van der Waals surface area contributed by atoms with Gasteiger partial charge in [0.15, 0.2) is 11.5 Å². The molecule has 0 aliphatic rings. The molecule has 0 fully saturated rings. The van der Waals surface area contributed by atoms with E-state index >= 15 is 0 Å². The molecule has 0 bridgehead atoms. The highest BCUT2D eigenvalue weighted by atomic mass is 16.5. The van der Waals surface area contributed by atoms with Crippen molar-refractivity contribution < 1.29 is 14.3 Å². The molecule has 0 spiro atoms. The van der Waals surface area contributed by atoms with E-state index in [4.69, 9.17) is 9.47 Å². The maximum absolute atomic E-state index is 12.3. The van der Waals surface area contributed by atoms with E-state index in [1.165, 1.54) is 0 Å². The van der Waals surface area contributed by atoms with Crippen LogP contribution in [0.3, 0.4) is 0 Å². The molecule has 0 radical (unpaired) electrons. The molecule has 0 N–H and O–H groups in total. The fraction of sp³-hybridized carbons (Fsp3) is 0.562. The number of carbonyl (C=O) groups excluding carboxylic acids is 1. The van der Waals surface area contributed by atoms with Crippen LogP contribution in [0.25, 0.3) is 0 Å². The van der Waals surface area contributed by atoms with Crippen molar-refractivity contribution in [3.05, 3.63) is 23.8 Å². The number of ether oxygens (including phenoxy) is 2. The van der Waals surface area contributed by atoms with Crippen molar-refractivity contribution in [1.29, 1.82) is 0 Å². The summed E-state index contributed by atoms with van der Waals surface area (Å²) in [5.74, 6) is 1.27. The summed E-state index contributed by atoms with van der Waals surface area (Å²) in [5.41, 5.74) is 0.612. The van der Waals surface area contributed by atoms with Gasteiger partial charge in [-0.1, -0.05) is 13.3 Å². The maximum Gasteiger partial charge on any atom is 0.253 e. The molecule has 4 heteroatoms. The average Bonchev–Trinajstić information content (AvgIpc) is 2.46. The summed E-state index contributed by atoms with van der Waals surface area (Å²) < 4.78 is 11.0. The predicted molar refractivity (Wildman–Crippen MR) is 80.6 cm³/mol. The zero-order valence-electron chi connectivity index (χ0n) is 13.1. The molecular weight excluding hydrogens is 254 g/mol. The van der Waals surface area contributed by atoms with Gasteiger partial charge in [-0.25, -0.2) is 0 Å². The van der Waals surface area contributed by atoms with Crippen LogP contribution in [0.15, 0.2) is 18.2 Å². The SMILES string of the molecule is CCCCOc1ccc(C(=O)N(C)C(C)C)cc1OC. The van der Waals surface area contributed by atoms with Crippen LogP contribution in [-0.2, 0) is 0 Å². The fourth-order valence-corrected chi connectivity index (χ4v) is 1.68. The van der Waals surface area contributed by atoms with Gasteiger partial charge in [0.1, 0.15) is 0 Å². The van der Waals surface area contributed by atoms with Crippen LogP contribution in [0.5, 0.6) is 11.5 Å². The maximum atomic E-state index is 12.3. The smallest absolute Gasteiger partial charge is 0.253 e. The van der Waals surface area contributed by atoms with E-state index in [2.05, 4.69) is 6.92 Å². The zero-order valence-corrected chi connectivity index (χ0v) is 13.1. The monoisotopic (exact) mass is 279 g/mol. The number of nitrogens with zero attached hydrogens (tertiary/aromatic N) is 1. The second kappa shape index (κ2) is 7.78. The lowest BCUT2D eigenvalue weighted by molar-refractivity contribution is 0.0754. The lowest BCUT2D eigenvalue weighted by Gasteiger charge is -2.22. The van der Waals surface area contributed by atoms with Gasteiger partial charge in [0.05, 0.1) is 13.7 Å². The fourth-order valence-electron chi connectivity index (χ4n) is 1.68. The van der Waals surface area contributed by atoms with Gasteiger partial charge in [0.2, 0.25) is 0 Å². The number of benzene rings is 1. The normalized spacial score (nSPS) is 10.5. The highest BCUT2D eigenvalue weighted by Gasteiger charge is 2.16. The summed E-state index contributed by atoms with van der Waals surface area (Å²) in [6.07, 6.45) is 2.08. The first-order valence-corrected chi connectivity index (χ1v) is 7.09. The summed E-state index contributed by atoms with van der Waals surface area (Å²) in [4.78, 5) is 14.0. The van der Waals surface area contributed by atoms with Gasteiger partial charge in [-0.05, 0) is 38.5 Å². The standard InChI is InChI=1S/C16H25NO3/c1-6-7-10-20-14-9-8-13(11-15(14)19-5)16(18)17(4)12(2)3/h8-9,11-12H,6-7,10H2,1-5H3. The zero-order chi connectivity index (χ0) is 15.1. The van der Waals surface area contributed by atoms with E-state index in [-0.39, 0.29) is 11.9 Å². The number of methoxy groups -OCH3 is 1. The molecular formula is C16H25NO3. The molecule has 0 saturated heterocycles. The summed E-state index contributed by atoms with van der Waals surface area (Å²) in [5, 5.41) is 0. The second-order valence-corrected chi connectivity index (χ2v) is 5.08. The van der Waals surface area contributed by atoms with Crippen molar-refractivity contribution in [1.82, 2.24) is 4.90 Å². The van der Waals surface area contributed by atoms with Crippen LogP contribution in [-0.4, -0.2) is 37.6 Å². The Morgan fingerprint density at radius 1 is 1.30 bits per heavy atom. The third-order valence-corrected chi connectivity index (χ3v) is 3.26. The first kappa shape index (κ1) is 16.3. The van der Waals surface area contributed by atoms with Gasteiger partial charge < -0.3 is 14.4 Å². The molecule has 0 saturated carbocycles. The van der Waals surface area contributed by atoms with Crippen molar-refractivity contribution >= 4 is 5.91 Å². The van der Waals surface area contributed by atoms with E-state index in [1.807, 2.05) is 13.8 Å². The van der Waals surface area contributed by atoms with E-state index in [9.17, 15) is 4.79 Å². The van der Waals surface area contributed by atoms with Crippen molar-refractivity contribution in [3.8, 4) is 11.5 Å². The van der Waals surface area contributed by atoms with Gasteiger partial charge in [0.25, 0.3) is 5.91 Å². The number of hydrogen-bond acceptors (Lipinski definition) is 3. The van der Waals surface area contributed by atoms with E-state index in [0.29, 0.717) is 23.7 Å². The number of hydrogen-bond donors (Lipinski definition) is 0. The first-order valence-electron chi connectivity index (χ1n) is 7.09. The van der Waals surface area contributed by atoms with Crippen molar-refractivity contribution in [2.45, 2.75) is 39.7 Å². The molecule has 1 rings (SSSR count). The Morgan fingerprint density at radius 3 is 2.55 bits per heavy atom. The largest absolute Gasteiger partial charge is 0.493 e. The van der Waals surface area contributed by atoms with E-state index in [1.54, 1.807) is 37.3 Å². The quantitative estimate of drug-likeness (QED) is 0.718. The van der Waals surface area contributed by atoms with Crippen LogP contribution >= 0.6 is 0 Å². The first-order chi connectivity index (χ1) is 9.51. The molecule has 1 aromatic rings. The highest BCUT2D eigenvalue weighted by Crippen LogP contribution is 2.28. The highest BCUT2D eigenvalue weighted by molar-refractivity contribution is 5.94. The Kier molecular flexibility index (Phi) is 6.36. The van der Waals surface area contributed by atoms with Gasteiger partial charge >= 0.3 is 0 Å². The second-order valence-electron chi connectivity index (χ2n) is 5.08. The van der Waals surface area contributed by atoms with Gasteiger partial charge in [-0.15, -0.1) is 0 Å². The molecule has 112 valence electrons. The summed E-state index contributed by atoms with van der Waals surface area (Å²) in [6, 6.07) is 5.48. The minimum atomic E-state index is -0.0154. The average molecular weight is 279 g/mol. The number of unbranched alkanes of at least 4 members (excludes halogenated alkanes) is 1. The molecule has 0 unspecified atom stereocenters. The summed E-state index contributed by atoms with van der Waals surface area (Å²) in [7, 11) is 3.38. The number of amides is 1. The van der Waals surface area contributed by atoms with E-state index < -0.39 is 0 Å². The molecule has 0 atom stereocenters. The molecule has 0 aliphatic heterocycles. The van der Waals surface area contributed by atoms with Gasteiger partial charge in [-0.2, -0.15) is 0 Å². The summed E-state index contributed by atoms with van der Waals surface area (Å²) >= 11 is 0. The lowest BCUT2D eigenvalue weighted by atomic mass is 10.1. The molecule has 1 aromatic carbocycles. The molecule has 0 heterocycles. The van der Waals surface area contributed by atoms with Crippen LogP contribution < -0.4 is 9.47 Å². The third kappa shape index (κ3) is 4.15. The third-order valence-electron chi connectivity index (χ3n) is 3.26. The molecule has 1 amide bonds. The molecule has 0 aliphatic carbocycles. The molecule has 0 aromatic heterocycles. The van der Waals surface area contributed by atoms with Crippen LogP contribution in [0.1, 0.15) is 44.0 Å². The Bertz CT molecular complexity index is 443. The minimum Gasteiger partial charge on any atom is -0.493 e. The van der Waals surface area contributed by atoms with Crippen LogP contribution in [0, 0.1) is 0 Å². The molecule has 20 heavy (non-hydrogen) atoms. The van der Waals surface area contributed by atoms with E-state index in [0.717, 1.165) is 12.8 Å². The number of rotatable bonds is 7. The Hall–Kier alpha value is -1.71. The van der Waals surface area contributed by atoms with Crippen LogP contribution in [0.4, 0.5) is 0 Å². The Balaban J connectivity index is 2.89. The van der Waals surface area contributed by atoms with Gasteiger partial charge in [0, 0.05) is 18.7 Å². The van der Waals surface area contributed by atoms with Crippen molar-refractivity contribution in [2.75, 3.05) is 20.8 Å².